The highest BCUT2D eigenvalue weighted by Gasteiger charge is 2.21. The molecule has 0 radical (unpaired) electrons. The van der Waals surface area contributed by atoms with Crippen LogP contribution in [-0.2, 0) is 0 Å². The van der Waals surface area contributed by atoms with Crippen LogP contribution in [0.15, 0.2) is 48.5 Å². The van der Waals surface area contributed by atoms with E-state index in [9.17, 15) is 4.39 Å². The van der Waals surface area contributed by atoms with Crippen molar-refractivity contribution in [1.29, 1.82) is 5.26 Å². The number of ether oxygens (including phenoxy) is 1. The summed E-state index contributed by atoms with van der Waals surface area (Å²) in [5.74, 6) is 1.68. The summed E-state index contributed by atoms with van der Waals surface area (Å²) in [5.41, 5.74) is 2.28. The van der Waals surface area contributed by atoms with Crippen molar-refractivity contribution in [3.05, 3.63) is 59.9 Å². The number of hydrogen-bond donors (Lipinski definition) is 1. The van der Waals surface area contributed by atoms with Gasteiger partial charge < -0.3 is 10.1 Å². The number of anilines is 1. The van der Waals surface area contributed by atoms with Crippen molar-refractivity contribution in [3.8, 4) is 28.8 Å². The third kappa shape index (κ3) is 3.63. The van der Waals surface area contributed by atoms with E-state index in [1.165, 1.54) is 25.0 Å². The first-order valence-electron chi connectivity index (χ1n) is 8.86. The molecule has 0 spiro atoms. The van der Waals surface area contributed by atoms with Crippen molar-refractivity contribution >= 4 is 5.82 Å². The van der Waals surface area contributed by atoms with E-state index in [4.69, 9.17) is 10.00 Å². The zero-order chi connectivity index (χ0) is 18.8. The number of nitrogens with zero attached hydrogens (tertiary/aromatic N) is 3. The summed E-state index contributed by atoms with van der Waals surface area (Å²) in [6.07, 6.45) is 2.50. The molecular formula is C21H19FN4O. The van der Waals surface area contributed by atoms with E-state index in [-0.39, 0.29) is 5.56 Å². The Hall–Kier alpha value is -3.33. The highest BCUT2D eigenvalue weighted by atomic mass is 19.1. The SMILES string of the molecule is COc1ccc(-n2nc(NCC3CC3)cc2-c2ccc(C#N)c(F)c2)cc1. The normalized spacial score (nSPS) is 13.2. The number of hydrogen-bond acceptors (Lipinski definition) is 4. The van der Waals surface area contributed by atoms with Gasteiger partial charge in [-0.25, -0.2) is 9.07 Å². The van der Waals surface area contributed by atoms with Gasteiger partial charge in [0.2, 0.25) is 0 Å². The molecule has 27 heavy (non-hydrogen) atoms. The van der Waals surface area contributed by atoms with Crippen molar-refractivity contribution in [2.45, 2.75) is 12.8 Å². The maximum Gasteiger partial charge on any atom is 0.149 e. The van der Waals surface area contributed by atoms with Gasteiger partial charge in [0.25, 0.3) is 0 Å². The molecular weight excluding hydrogens is 343 g/mol. The molecule has 136 valence electrons. The molecule has 1 heterocycles. The third-order valence-corrected chi connectivity index (χ3v) is 4.68. The Bertz CT molecular complexity index is 1000. The Morgan fingerprint density at radius 1 is 1.22 bits per heavy atom. The molecule has 1 aliphatic rings. The predicted octanol–water partition coefficient (Wildman–Crippen LogP) is 4.38. The zero-order valence-corrected chi connectivity index (χ0v) is 14.9. The van der Waals surface area contributed by atoms with Gasteiger partial charge in [-0.05, 0) is 55.2 Å². The molecule has 1 aliphatic carbocycles. The van der Waals surface area contributed by atoms with Gasteiger partial charge in [-0.2, -0.15) is 5.26 Å². The molecule has 1 N–H and O–H groups in total. The van der Waals surface area contributed by atoms with Crippen molar-refractivity contribution in [3.63, 3.8) is 0 Å². The first-order chi connectivity index (χ1) is 13.2. The van der Waals surface area contributed by atoms with Crippen molar-refractivity contribution < 1.29 is 9.13 Å². The molecule has 0 atom stereocenters. The van der Waals surface area contributed by atoms with Crippen molar-refractivity contribution in [2.75, 3.05) is 19.0 Å². The molecule has 6 heteroatoms. The van der Waals surface area contributed by atoms with E-state index in [1.807, 2.05) is 36.4 Å². The lowest BCUT2D eigenvalue weighted by Gasteiger charge is -2.09. The monoisotopic (exact) mass is 362 g/mol. The second-order valence-electron chi connectivity index (χ2n) is 6.66. The highest BCUT2D eigenvalue weighted by molar-refractivity contribution is 5.67. The molecule has 1 fully saturated rings. The molecule has 0 unspecified atom stereocenters. The summed E-state index contributed by atoms with van der Waals surface area (Å²) in [6, 6.07) is 15.9. The van der Waals surface area contributed by atoms with Crippen LogP contribution in [0.5, 0.6) is 5.75 Å². The Labute approximate surface area is 157 Å². The molecule has 5 nitrogen and oxygen atoms in total. The summed E-state index contributed by atoms with van der Waals surface area (Å²) in [5, 5.41) is 17.0. The average molecular weight is 362 g/mol. The summed E-state index contributed by atoms with van der Waals surface area (Å²) in [4.78, 5) is 0. The Balaban J connectivity index is 1.75. The predicted molar refractivity (Wildman–Crippen MR) is 101 cm³/mol. The molecule has 1 saturated carbocycles. The summed E-state index contributed by atoms with van der Waals surface area (Å²) in [7, 11) is 1.62. The van der Waals surface area contributed by atoms with Crippen molar-refractivity contribution in [1.82, 2.24) is 9.78 Å². The minimum absolute atomic E-state index is 0.0290. The molecule has 4 rings (SSSR count). The maximum atomic E-state index is 14.2. The second kappa shape index (κ2) is 7.12. The van der Waals surface area contributed by atoms with E-state index >= 15 is 0 Å². The first kappa shape index (κ1) is 17.1. The fourth-order valence-electron chi connectivity index (χ4n) is 2.93. The van der Waals surface area contributed by atoms with Crippen LogP contribution in [-0.4, -0.2) is 23.4 Å². The first-order valence-corrected chi connectivity index (χ1v) is 8.86. The quantitative estimate of drug-likeness (QED) is 0.707. The van der Waals surface area contributed by atoms with Gasteiger partial charge in [0.15, 0.2) is 0 Å². The largest absolute Gasteiger partial charge is 0.497 e. The van der Waals surface area contributed by atoms with E-state index in [1.54, 1.807) is 17.9 Å². The van der Waals surface area contributed by atoms with Crippen LogP contribution in [0.4, 0.5) is 10.2 Å². The van der Waals surface area contributed by atoms with Crippen molar-refractivity contribution in [2.24, 2.45) is 5.92 Å². The maximum absolute atomic E-state index is 14.2. The van der Waals surface area contributed by atoms with Crippen LogP contribution >= 0.6 is 0 Å². The van der Waals surface area contributed by atoms with Gasteiger partial charge in [0.1, 0.15) is 23.5 Å². The molecule has 0 saturated heterocycles. The number of aromatic nitrogens is 2. The Kier molecular flexibility index (Phi) is 4.51. The molecule has 0 bridgehead atoms. The zero-order valence-electron chi connectivity index (χ0n) is 14.9. The minimum Gasteiger partial charge on any atom is -0.497 e. The topological polar surface area (TPSA) is 62.9 Å². The van der Waals surface area contributed by atoms with Crippen LogP contribution in [0, 0.1) is 23.1 Å². The van der Waals surface area contributed by atoms with Gasteiger partial charge in [-0.3, -0.25) is 0 Å². The van der Waals surface area contributed by atoms with Gasteiger partial charge in [0, 0.05) is 18.2 Å². The standard InChI is InChI=1S/C21H19FN4O/c1-27-18-8-6-17(7-9-18)26-20(11-21(25-26)24-13-14-2-3-14)15-4-5-16(12-23)19(22)10-15/h4-11,14H,2-3,13H2,1H3,(H,24,25). The number of rotatable bonds is 6. The van der Waals surface area contributed by atoms with Gasteiger partial charge in [-0.15, -0.1) is 5.10 Å². The van der Waals surface area contributed by atoms with Crippen LogP contribution in [0.2, 0.25) is 0 Å². The van der Waals surface area contributed by atoms with E-state index in [2.05, 4.69) is 10.4 Å². The number of nitrogens with one attached hydrogen (secondary N) is 1. The fourth-order valence-corrected chi connectivity index (χ4v) is 2.93. The Morgan fingerprint density at radius 2 is 2.00 bits per heavy atom. The van der Waals surface area contributed by atoms with E-state index < -0.39 is 5.82 Å². The number of methoxy groups -OCH3 is 1. The van der Waals surface area contributed by atoms with Crippen LogP contribution in [0.25, 0.3) is 16.9 Å². The van der Waals surface area contributed by atoms with Gasteiger partial charge in [-0.1, -0.05) is 6.07 Å². The average Bonchev–Trinajstić information content (AvgIpc) is 3.44. The number of halogens is 1. The van der Waals surface area contributed by atoms with Crippen LogP contribution in [0.3, 0.4) is 0 Å². The fraction of sp³-hybridized carbons (Fsp3) is 0.238. The second-order valence-corrected chi connectivity index (χ2v) is 6.66. The minimum atomic E-state index is -0.537. The molecule has 0 aliphatic heterocycles. The summed E-state index contributed by atoms with van der Waals surface area (Å²) in [6.45, 7) is 0.890. The van der Waals surface area contributed by atoms with E-state index in [0.717, 1.165) is 29.5 Å². The lowest BCUT2D eigenvalue weighted by molar-refractivity contribution is 0.414. The summed E-state index contributed by atoms with van der Waals surface area (Å²) < 4.78 is 21.1. The van der Waals surface area contributed by atoms with Crippen LogP contribution in [0.1, 0.15) is 18.4 Å². The highest BCUT2D eigenvalue weighted by Crippen LogP contribution is 2.31. The van der Waals surface area contributed by atoms with Gasteiger partial charge in [0.05, 0.1) is 24.1 Å². The third-order valence-electron chi connectivity index (χ3n) is 4.68. The molecule has 0 amide bonds. The van der Waals surface area contributed by atoms with E-state index in [0.29, 0.717) is 11.5 Å². The lowest BCUT2D eigenvalue weighted by Crippen LogP contribution is -2.05. The number of nitriles is 1. The Morgan fingerprint density at radius 3 is 2.63 bits per heavy atom. The smallest absolute Gasteiger partial charge is 0.149 e. The number of benzene rings is 2. The molecule has 1 aromatic heterocycles. The van der Waals surface area contributed by atoms with Crippen LogP contribution < -0.4 is 10.1 Å². The van der Waals surface area contributed by atoms with Gasteiger partial charge >= 0.3 is 0 Å². The molecule has 2 aromatic carbocycles. The summed E-state index contributed by atoms with van der Waals surface area (Å²) >= 11 is 0. The lowest BCUT2D eigenvalue weighted by atomic mass is 10.1. The molecule has 3 aromatic rings.